The summed E-state index contributed by atoms with van der Waals surface area (Å²) >= 11 is 0. The van der Waals surface area contributed by atoms with Crippen LogP contribution in [0.4, 0.5) is 4.39 Å². The van der Waals surface area contributed by atoms with Crippen molar-refractivity contribution >= 4 is 13.8 Å². The zero-order valence-corrected chi connectivity index (χ0v) is 8.36. The first-order valence-electron chi connectivity index (χ1n) is 4.50. The van der Waals surface area contributed by atoms with Crippen LogP contribution in [0.1, 0.15) is 33.6 Å². The predicted octanol–water partition coefficient (Wildman–Crippen LogP) is 1.15. The Bertz CT molecular complexity index is 218. The molecule has 0 spiro atoms. The Hall–Kier alpha value is -0.535. The van der Waals surface area contributed by atoms with Crippen LogP contribution in [0.25, 0.3) is 0 Å². The molecule has 2 radical (unpaired) electrons. The molecule has 1 fully saturated rings. The molecule has 1 atom stereocenters. The van der Waals surface area contributed by atoms with Gasteiger partial charge in [-0.15, -0.1) is 0 Å². The molecular formula is C9H15BFNO. The smallest absolute Gasteiger partial charge is 0.225 e. The minimum atomic E-state index is -1.45. The molecule has 0 heterocycles. The molecule has 0 saturated heterocycles. The SMILES string of the molecule is [B]C(F)C1(NC(=O)C(C)(C)C)CC1. The number of rotatable bonds is 2. The highest BCUT2D eigenvalue weighted by Gasteiger charge is 2.49. The molecule has 0 aliphatic heterocycles. The fourth-order valence-corrected chi connectivity index (χ4v) is 1.02. The van der Waals surface area contributed by atoms with Crippen LogP contribution in [0.3, 0.4) is 0 Å². The third-order valence-corrected chi connectivity index (χ3v) is 2.36. The highest BCUT2D eigenvalue weighted by Crippen LogP contribution is 2.39. The second-order valence-electron chi connectivity index (χ2n) is 4.76. The van der Waals surface area contributed by atoms with Crippen molar-refractivity contribution in [2.45, 2.75) is 45.2 Å². The summed E-state index contributed by atoms with van der Waals surface area (Å²) in [7, 11) is 5.14. The van der Waals surface area contributed by atoms with Crippen LogP contribution in [0, 0.1) is 5.41 Å². The molecule has 0 aromatic heterocycles. The van der Waals surface area contributed by atoms with Gasteiger partial charge in [0.2, 0.25) is 5.91 Å². The fraction of sp³-hybridized carbons (Fsp3) is 0.889. The maximum atomic E-state index is 12.9. The molecule has 4 heteroatoms. The van der Waals surface area contributed by atoms with Crippen LogP contribution in [0.5, 0.6) is 0 Å². The monoisotopic (exact) mass is 183 g/mol. The summed E-state index contributed by atoms with van der Waals surface area (Å²) in [4.78, 5) is 11.5. The van der Waals surface area contributed by atoms with Crippen molar-refractivity contribution in [2.75, 3.05) is 0 Å². The summed E-state index contributed by atoms with van der Waals surface area (Å²) in [6, 6.07) is 0. The molecular weight excluding hydrogens is 168 g/mol. The molecule has 0 aromatic rings. The number of amides is 1. The van der Waals surface area contributed by atoms with Gasteiger partial charge in [0.1, 0.15) is 7.85 Å². The average molecular weight is 183 g/mol. The second kappa shape index (κ2) is 3.00. The van der Waals surface area contributed by atoms with Crippen LogP contribution in [0.2, 0.25) is 0 Å². The molecule has 13 heavy (non-hydrogen) atoms. The lowest BCUT2D eigenvalue weighted by Crippen LogP contribution is -2.48. The number of carbonyl (C=O) groups is 1. The third-order valence-electron chi connectivity index (χ3n) is 2.36. The van der Waals surface area contributed by atoms with Gasteiger partial charge in [-0.3, -0.25) is 9.18 Å². The average Bonchev–Trinajstić information content (AvgIpc) is 2.66. The molecule has 2 nitrogen and oxygen atoms in total. The molecule has 1 N–H and O–H groups in total. The van der Waals surface area contributed by atoms with E-state index in [0.29, 0.717) is 12.8 Å². The third kappa shape index (κ3) is 2.23. The van der Waals surface area contributed by atoms with E-state index in [1.165, 1.54) is 0 Å². The lowest BCUT2D eigenvalue weighted by Gasteiger charge is -2.25. The maximum absolute atomic E-state index is 12.9. The van der Waals surface area contributed by atoms with Crippen LogP contribution < -0.4 is 5.32 Å². The van der Waals surface area contributed by atoms with Gasteiger partial charge in [-0.05, 0) is 12.8 Å². The van der Waals surface area contributed by atoms with Crippen LogP contribution >= 0.6 is 0 Å². The van der Waals surface area contributed by atoms with E-state index in [-0.39, 0.29) is 5.91 Å². The molecule has 0 aromatic carbocycles. The molecule has 1 aliphatic rings. The zero-order chi connectivity index (χ0) is 10.3. The number of hydrogen-bond acceptors (Lipinski definition) is 1. The standard InChI is InChI=1S/C9H15BFNO/c1-8(2,3)7(13)12-9(4-5-9)6(10)11/h6H,4-5H2,1-3H3,(H,12,13). The zero-order valence-electron chi connectivity index (χ0n) is 8.36. The van der Waals surface area contributed by atoms with E-state index < -0.39 is 17.0 Å². The minimum absolute atomic E-state index is 0.141. The highest BCUT2D eigenvalue weighted by molar-refractivity contribution is 6.12. The molecule has 1 unspecified atom stereocenters. The first kappa shape index (κ1) is 10.5. The van der Waals surface area contributed by atoms with Crippen molar-refractivity contribution in [3.05, 3.63) is 0 Å². The van der Waals surface area contributed by atoms with E-state index in [2.05, 4.69) is 5.32 Å². The maximum Gasteiger partial charge on any atom is 0.225 e. The first-order valence-corrected chi connectivity index (χ1v) is 4.50. The Morgan fingerprint density at radius 3 is 2.23 bits per heavy atom. The quantitative estimate of drug-likeness (QED) is 0.639. The Labute approximate surface area is 79.7 Å². The van der Waals surface area contributed by atoms with Crippen molar-refractivity contribution in [3.8, 4) is 0 Å². The summed E-state index contributed by atoms with van der Waals surface area (Å²) in [5, 5.41) is 2.67. The number of alkyl halides is 1. The largest absolute Gasteiger partial charge is 0.348 e. The number of halogens is 1. The number of carbonyl (C=O) groups excluding carboxylic acids is 1. The normalized spacial score (nSPS) is 22.2. The Balaban J connectivity index is 2.55. The molecule has 72 valence electrons. The lowest BCUT2D eigenvalue weighted by molar-refractivity contribution is -0.129. The molecule has 1 amide bonds. The summed E-state index contributed by atoms with van der Waals surface area (Å²) in [6.45, 7) is 5.38. The summed E-state index contributed by atoms with van der Waals surface area (Å²) in [5.74, 6) is -0.141. The van der Waals surface area contributed by atoms with Gasteiger partial charge in [-0.25, -0.2) is 0 Å². The Kier molecular flexibility index (Phi) is 2.43. The number of hydrogen-bond donors (Lipinski definition) is 1. The minimum Gasteiger partial charge on any atom is -0.348 e. The van der Waals surface area contributed by atoms with Crippen molar-refractivity contribution in [2.24, 2.45) is 5.41 Å². The summed E-state index contributed by atoms with van der Waals surface area (Å²) < 4.78 is 12.9. The highest BCUT2D eigenvalue weighted by atomic mass is 19.1. The Morgan fingerprint density at radius 2 is 2.00 bits per heavy atom. The van der Waals surface area contributed by atoms with Crippen molar-refractivity contribution in [1.82, 2.24) is 5.32 Å². The van der Waals surface area contributed by atoms with E-state index in [4.69, 9.17) is 7.85 Å². The van der Waals surface area contributed by atoms with Gasteiger partial charge >= 0.3 is 0 Å². The fourth-order valence-electron chi connectivity index (χ4n) is 1.02. The van der Waals surface area contributed by atoms with Crippen molar-refractivity contribution in [1.29, 1.82) is 0 Å². The summed E-state index contributed by atoms with van der Waals surface area (Å²) in [5.41, 5.74) is -1.24. The first-order chi connectivity index (χ1) is 5.78. The second-order valence-corrected chi connectivity index (χ2v) is 4.76. The van der Waals surface area contributed by atoms with Crippen LogP contribution in [-0.2, 0) is 4.79 Å². The van der Waals surface area contributed by atoms with Crippen molar-refractivity contribution < 1.29 is 9.18 Å². The van der Waals surface area contributed by atoms with E-state index >= 15 is 0 Å². The Morgan fingerprint density at radius 1 is 1.54 bits per heavy atom. The summed E-state index contributed by atoms with van der Waals surface area (Å²) in [6.07, 6.45) is -0.155. The van der Waals surface area contributed by atoms with E-state index in [9.17, 15) is 9.18 Å². The predicted molar refractivity (Wildman–Crippen MR) is 50.2 cm³/mol. The molecule has 0 bridgehead atoms. The van der Waals surface area contributed by atoms with Gasteiger partial charge in [0, 0.05) is 5.41 Å². The van der Waals surface area contributed by atoms with Gasteiger partial charge in [0.25, 0.3) is 0 Å². The molecule has 1 saturated carbocycles. The number of nitrogens with one attached hydrogen (secondary N) is 1. The van der Waals surface area contributed by atoms with E-state index in [1.54, 1.807) is 20.8 Å². The van der Waals surface area contributed by atoms with Gasteiger partial charge in [-0.2, -0.15) is 0 Å². The van der Waals surface area contributed by atoms with Crippen molar-refractivity contribution in [3.63, 3.8) is 0 Å². The van der Waals surface area contributed by atoms with Crippen LogP contribution in [-0.4, -0.2) is 25.4 Å². The van der Waals surface area contributed by atoms with Gasteiger partial charge in [0.15, 0.2) is 0 Å². The van der Waals surface area contributed by atoms with E-state index in [0.717, 1.165) is 0 Å². The van der Waals surface area contributed by atoms with Crippen LogP contribution in [0.15, 0.2) is 0 Å². The van der Waals surface area contributed by atoms with Gasteiger partial charge in [0.05, 0.1) is 11.6 Å². The van der Waals surface area contributed by atoms with E-state index in [1.807, 2.05) is 0 Å². The molecule has 1 aliphatic carbocycles. The lowest BCUT2D eigenvalue weighted by atomic mass is 9.89. The molecule has 1 rings (SSSR count). The van der Waals surface area contributed by atoms with Gasteiger partial charge < -0.3 is 5.32 Å². The van der Waals surface area contributed by atoms with Gasteiger partial charge in [-0.1, -0.05) is 20.8 Å². The topological polar surface area (TPSA) is 29.1 Å².